The van der Waals surface area contributed by atoms with Crippen LogP contribution in [0.25, 0.3) is 0 Å². The van der Waals surface area contributed by atoms with Crippen molar-refractivity contribution in [2.45, 2.75) is 70.4 Å². The van der Waals surface area contributed by atoms with Crippen LogP contribution in [0.4, 0.5) is 0 Å². The minimum Gasteiger partial charge on any atom is -0.328 e. The molecule has 0 bridgehead atoms. The molecule has 1 unspecified atom stereocenters. The highest BCUT2D eigenvalue weighted by molar-refractivity contribution is 4.86. The fourth-order valence-electron chi connectivity index (χ4n) is 2.27. The Morgan fingerprint density at radius 2 is 1.93 bits per heavy atom. The third-order valence-corrected chi connectivity index (χ3v) is 3.55. The van der Waals surface area contributed by atoms with Gasteiger partial charge >= 0.3 is 0 Å². The molecule has 0 aromatic rings. The largest absolute Gasteiger partial charge is 0.328 e. The first kappa shape index (κ1) is 12.0. The predicted molar refractivity (Wildman–Crippen MR) is 62.4 cm³/mol. The smallest absolute Gasteiger partial charge is 0.0153 e. The van der Waals surface area contributed by atoms with E-state index < -0.39 is 0 Å². The van der Waals surface area contributed by atoms with E-state index in [2.05, 4.69) is 19.2 Å². The van der Waals surface area contributed by atoms with Crippen LogP contribution in [-0.4, -0.2) is 18.1 Å². The lowest BCUT2D eigenvalue weighted by atomic mass is 9.83. The highest BCUT2D eigenvalue weighted by atomic mass is 15.0. The van der Waals surface area contributed by atoms with Gasteiger partial charge in [0.2, 0.25) is 0 Å². The van der Waals surface area contributed by atoms with Crippen molar-refractivity contribution in [2.75, 3.05) is 6.54 Å². The molecule has 0 aliphatic heterocycles. The SMILES string of the molecule is CCC(N)CCNC1(C)CCCCC1. The molecule has 0 radical (unpaired) electrons. The van der Waals surface area contributed by atoms with Crippen LogP contribution in [0.1, 0.15) is 58.8 Å². The van der Waals surface area contributed by atoms with Crippen LogP contribution in [0.3, 0.4) is 0 Å². The second-order valence-corrected chi connectivity index (χ2v) is 5.01. The summed E-state index contributed by atoms with van der Waals surface area (Å²) in [7, 11) is 0. The van der Waals surface area contributed by atoms with E-state index in [1.54, 1.807) is 0 Å². The van der Waals surface area contributed by atoms with Crippen LogP contribution in [0.5, 0.6) is 0 Å². The summed E-state index contributed by atoms with van der Waals surface area (Å²) in [6.45, 7) is 5.61. The molecule has 0 aromatic heterocycles. The standard InChI is InChI=1S/C12H26N2/c1-3-11(13)7-10-14-12(2)8-5-4-6-9-12/h11,14H,3-10,13H2,1-2H3. The molecule has 0 heterocycles. The molecule has 1 fully saturated rings. The van der Waals surface area contributed by atoms with Crippen molar-refractivity contribution in [3.05, 3.63) is 0 Å². The molecule has 1 aliphatic carbocycles. The van der Waals surface area contributed by atoms with Gasteiger partial charge in [-0.1, -0.05) is 26.2 Å². The molecule has 0 spiro atoms. The minimum absolute atomic E-state index is 0.384. The molecular formula is C12H26N2. The van der Waals surface area contributed by atoms with Gasteiger partial charge in [-0.3, -0.25) is 0 Å². The van der Waals surface area contributed by atoms with E-state index in [0.29, 0.717) is 11.6 Å². The number of nitrogens with two attached hydrogens (primary N) is 1. The maximum atomic E-state index is 5.89. The molecule has 1 saturated carbocycles. The van der Waals surface area contributed by atoms with E-state index >= 15 is 0 Å². The van der Waals surface area contributed by atoms with Gasteiger partial charge in [0.15, 0.2) is 0 Å². The molecule has 1 rings (SSSR count). The van der Waals surface area contributed by atoms with Crippen LogP contribution in [-0.2, 0) is 0 Å². The Labute approximate surface area is 88.6 Å². The van der Waals surface area contributed by atoms with E-state index in [1.165, 1.54) is 32.1 Å². The summed E-state index contributed by atoms with van der Waals surface area (Å²) in [5, 5.41) is 3.68. The molecule has 0 aromatic carbocycles. The van der Waals surface area contributed by atoms with Crippen molar-refractivity contribution in [3.8, 4) is 0 Å². The second kappa shape index (κ2) is 5.72. The summed E-state index contributed by atoms with van der Waals surface area (Å²) in [5.41, 5.74) is 6.30. The van der Waals surface area contributed by atoms with E-state index in [4.69, 9.17) is 5.73 Å². The predicted octanol–water partition coefficient (Wildman–Crippen LogP) is 2.43. The fourth-order valence-corrected chi connectivity index (χ4v) is 2.27. The van der Waals surface area contributed by atoms with Crippen LogP contribution in [0.15, 0.2) is 0 Å². The Hall–Kier alpha value is -0.0800. The van der Waals surface area contributed by atoms with Crippen LogP contribution in [0.2, 0.25) is 0 Å². The average Bonchev–Trinajstić information content (AvgIpc) is 2.18. The van der Waals surface area contributed by atoms with E-state index in [-0.39, 0.29) is 0 Å². The molecule has 84 valence electrons. The van der Waals surface area contributed by atoms with Crippen molar-refractivity contribution >= 4 is 0 Å². The van der Waals surface area contributed by atoms with Crippen molar-refractivity contribution in [1.29, 1.82) is 0 Å². The first-order chi connectivity index (χ1) is 6.66. The number of hydrogen-bond donors (Lipinski definition) is 2. The monoisotopic (exact) mass is 198 g/mol. The van der Waals surface area contributed by atoms with Gasteiger partial charge in [0.1, 0.15) is 0 Å². The first-order valence-electron chi connectivity index (χ1n) is 6.17. The van der Waals surface area contributed by atoms with E-state index in [9.17, 15) is 0 Å². The number of rotatable bonds is 5. The molecule has 1 aliphatic rings. The van der Waals surface area contributed by atoms with Crippen LogP contribution >= 0.6 is 0 Å². The molecule has 0 saturated heterocycles. The van der Waals surface area contributed by atoms with E-state index in [0.717, 1.165) is 19.4 Å². The normalized spacial score (nSPS) is 23.4. The molecule has 2 nitrogen and oxygen atoms in total. The average molecular weight is 198 g/mol. The van der Waals surface area contributed by atoms with Crippen LogP contribution in [0, 0.1) is 0 Å². The van der Waals surface area contributed by atoms with Crippen molar-refractivity contribution in [1.82, 2.24) is 5.32 Å². The summed E-state index contributed by atoms with van der Waals surface area (Å²) in [4.78, 5) is 0. The Morgan fingerprint density at radius 3 is 2.50 bits per heavy atom. The number of nitrogens with one attached hydrogen (secondary N) is 1. The molecule has 0 amide bonds. The van der Waals surface area contributed by atoms with Gasteiger partial charge in [0, 0.05) is 11.6 Å². The minimum atomic E-state index is 0.384. The Kier molecular flexibility index (Phi) is 4.90. The van der Waals surface area contributed by atoms with Gasteiger partial charge in [-0.25, -0.2) is 0 Å². The highest BCUT2D eigenvalue weighted by Crippen LogP contribution is 2.27. The lowest BCUT2D eigenvalue weighted by Crippen LogP contribution is -2.45. The Bertz CT molecular complexity index is 150. The topological polar surface area (TPSA) is 38.0 Å². The van der Waals surface area contributed by atoms with Crippen molar-refractivity contribution < 1.29 is 0 Å². The highest BCUT2D eigenvalue weighted by Gasteiger charge is 2.25. The first-order valence-corrected chi connectivity index (χ1v) is 6.17. The Balaban J connectivity index is 2.15. The number of hydrogen-bond acceptors (Lipinski definition) is 2. The van der Waals surface area contributed by atoms with Gasteiger partial charge in [-0.15, -0.1) is 0 Å². The summed E-state index contributed by atoms with van der Waals surface area (Å²) in [5.74, 6) is 0. The lowest BCUT2D eigenvalue weighted by molar-refractivity contribution is 0.251. The van der Waals surface area contributed by atoms with Crippen molar-refractivity contribution in [3.63, 3.8) is 0 Å². The Morgan fingerprint density at radius 1 is 1.29 bits per heavy atom. The molecule has 1 atom stereocenters. The maximum Gasteiger partial charge on any atom is 0.0153 e. The quantitative estimate of drug-likeness (QED) is 0.712. The van der Waals surface area contributed by atoms with Gasteiger partial charge in [-0.2, -0.15) is 0 Å². The maximum absolute atomic E-state index is 5.89. The summed E-state index contributed by atoms with van der Waals surface area (Å²) in [6, 6.07) is 0.384. The van der Waals surface area contributed by atoms with Crippen LogP contribution < -0.4 is 11.1 Å². The summed E-state index contributed by atoms with van der Waals surface area (Å²) >= 11 is 0. The van der Waals surface area contributed by atoms with E-state index in [1.807, 2.05) is 0 Å². The zero-order valence-electron chi connectivity index (χ0n) is 9.81. The molecule has 14 heavy (non-hydrogen) atoms. The summed E-state index contributed by atoms with van der Waals surface area (Å²) in [6.07, 6.45) is 9.10. The zero-order valence-corrected chi connectivity index (χ0v) is 9.81. The molecule has 2 heteroatoms. The third-order valence-electron chi connectivity index (χ3n) is 3.55. The zero-order chi connectivity index (χ0) is 10.4. The molecular weight excluding hydrogens is 172 g/mol. The molecule has 3 N–H and O–H groups in total. The third kappa shape index (κ3) is 3.97. The van der Waals surface area contributed by atoms with Gasteiger partial charge in [-0.05, 0) is 39.2 Å². The van der Waals surface area contributed by atoms with Gasteiger partial charge in [0.05, 0.1) is 0 Å². The fraction of sp³-hybridized carbons (Fsp3) is 1.00. The second-order valence-electron chi connectivity index (χ2n) is 5.01. The summed E-state index contributed by atoms with van der Waals surface area (Å²) < 4.78 is 0. The lowest BCUT2D eigenvalue weighted by Gasteiger charge is -2.35. The van der Waals surface area contributed by atoms with Crippen molar-refractivity contribution in [2.24, 2.45) is 5.73 Å². The van der Waals surface area contributed by atoms with Gasteiger partial charge in [0.25, 0.3) is 0 Å². The van der Waals surface area contributed by atoms with Gasteiger partial charge < -0.3 is 11.1 Å².